The van der Waals surface area contributed by atoms with E-state index in [2.05, 4.69) is 75.7 Å². The molecular formula is C35H60BrNO3. The van der Waals surface area contributed by atoms with Crippen LogP contribution in [0, 0.1) is 50.2 Å². The van der Waals surface area contributed by atoms with Crippen LogP contribution >= 0.6 is 0 Å². The summed E-state index contributed by atoms with van der Waals surface area (Å²) < 4.78 is 6.96. The van der Waals surface area contributed by atoms with Crippen LogP contribution in [-0.2, 0) is 9.53 Å². The molecule has 5 rings (SSSR count). The number of nitrogens with zero attached hydrogens (tertiary/aromatic N) is 1. The lowest BCUT2D eigenvalue weighted by Crippen LogP contribution is -3.00. The molecule has 0 saturated heterocycles. The molecule has 1 N–H and O–H groups in total. The third-order valence-electron chi connectivity index (χ3n) is 14.0. The van der Waals surface area contributed by atoms with Gasteiger partial charge >= 0.3 is 5.97 Å². The Kier molecular flexibility index (Phi) is 8.20. The molecule has 0 heterocycles. The molecule has 5 aliphatic rings. The number of allylic oxidation sites excluding steroid dienone is 2. The van der Waals surface area contributed by atoms with Gasteiger partial charge < -0.3 is 31.3 Å². The van der Waals surface area contributed by atoms with Crippen molar-refractivity contribution < 1.29 is 36.1 Å². The number of aliphatic hydroxyl groups excluding tert-OH is 1. The van der Waals surface area contributed by atoms with E-state index in [-0.39, 0.29) is 61.5 Å². The number of hydrogen-bond acceptors (Lipinski definition) is 3. The first-order valence-corrected chi connectivity index (χ1v) is 16.2. The summed E-state index contributed by atoms with van der Waals surface area (Å²) >= 11 is 0. The second-order valence-electron chi connectivity index (χ2n) is 17.9. The number of carbonyl (C=O) groups excluding carboxylic acids is 1. The van der Waals surface area contributed by atoms with E-state index in [1.54, 1.807) is 5.57 Å². The number of carbonyl (C=O) groups is 1. The molecule has 0 aromatic carbocycles. The number of halogens is 1. The molecule has 0 aromatic heterocycles. The number of hydrogen-bond donors (Lipinski definition) is 1. The first-order valence-electron chi connectivity index (χ1n) is 16.2. The van der Waals surface area contributed by atoms with Crippen LogP contribution in [0.2, 0.25) is 0 Å². The minimum Gasteiger partial charge on any atom is -1.00 e. The molecule has 0 aromatic rings. The number of likely N-dealkylation sites (N-methyl/N-ethyl adjacent to an activating group) is 1. The first-order chi connectivity index (χ1) is 17.8. The van der Waals surface area contributed by atoms with Crippen molar-refractivity contribution in [3.8, 4) is 0 Å². The Hall–Kier alpha value is -0.390. The van der Waals surface area contributed by atoms with Crippen LogP contribution in [0.4, 0.5) is 0 Å². The molecule has 0 unspecified atom stereocenters. The number of esters is 1. The number of aliphatic hydroxyl groups is 1. The quantitative estimate of drug-likeness (QED) is 0.287. The van der Waals surface area contributed by atoms with E-state index in [9.17, 15) is 9.90 Å². The lowest BCUT2D eigenvalue weighted by molar-refractivity contribution is -0.870. The van der Waals surface area contributed by atoms with Gasteiger partial charge in [-0.15, -0.1) is 0 Å². The number of quaternary nitrogens is 1. The van der Waals surface area contributed by atoms with Gasteiger partial charge in [-0.2, -0.15) is 0 Å². The SMILES string of the molecule is CC1(C)CC[C@]2(C(=O)OCC[N+](C)(C)C)CC[C@]3(C)C(=CC[C@@H]4[C@@]5(C)CC[C@H](O)C(C)(C)[C@@H]5CC[C@]43C)[C@@H]2C1.[Br-]. The van der Waals surface area contributed by atoms with E-state index in [0.29, 0.717) is 24.4 Å². The summed E-state index contributed by atoms with van der Waals surface area (Å²) in [4.78, 5) is 14.1. The summed E-state index contributed by atoms with van der Waals surface area (Å²) in [6, 6.07) is 0. The normalized spacial score (nSPS) is 45.4. The molecule has 0 spiro atoms. The lowest BCUT2D eigenvalue weighted by Gasteiger charge is -2.71. The highest BCUT2D eigenvalue weighted by Crippen LogP contribution is 2.75. The fourth-order valence-electron chi connectivity index (χ4n) is 11.2. The molecule has 0 amide bonds. The average molecular weight is 623 g/mol. The zero-order valence-electron chi connectivity index (χ0n) is 27.5. The van der Waals surface area contributed by atoms with Crippen molar-refractivity contribution in [1.29, 1.82) is 0 Å². The fraction of sp³-hybridized carbons (Fsp3) is 0.914. The Morgan fingerprint density at radius 3 is 2.23 bits per heavy atom. The molecule has 5 aliphatic carbocycles. The first kappa shape index (κ1) is 32.5. The maximum absolute atomic E-state index is 14.1. The monoisotopic (exact) mass is 621 g/mol. The molecular weight excluding hydrogens is 562 g/mol. The van der Waals surface area contributed by atoms with E-state index in [0.717, 1.165) is 62.4 Å². The summed E-state index contributed by atoms with van der Waals surface area (Å²) in [6.07, 6.45) is 13.3. The minimum absolute atomic E-state index is 0. The van der Waals surface area contributed by atoms with E-state index >= 15 is 0 Å². The molecule has 4 saturated carbocycles. The molecule has 230 valence electrons. The largest absolute Gasteiger partial charge is 1.00 e. The highest BCUT2D eigenvalue weighted by molar-refractivity contribution is 5.78. The molecule has 4 nitrogen and oxygen atoms in total. The van der Waals surface area contributed by atoms with Gasteiger partial charge in [-0.1, -0.05) is 60.1 Å². The topological polar surface area (TPSA) is 46.5 Å². The van der Waals surface area contributed by atoms with Crippen molar-refractivity contribution in [2.45, 2.75) is 119 Å². The Bertz CT molecular complexity index is 1030. The Labute approximate surface area is 256 Å². The number of ether oxygens (including phenoxy) is 1. The predicted octanol–water partition coefficient (Wildman–Crippen LogP) is 4.40. The summed E-state index contributed by atoms with van der Waals surface area (Å²) in [5.41, 5.74) is 2.08. The van der Waals surface area contributed by atoms with Gasteiger partial charge in [0.2, 0.25) is 0 Å². The smallest absolute Gasteiger partial charge is 0.312 e. The fourth-order valence-corrected chi connectivity index (χ4v) is 11.2. The summed E-state index contributed by atoms with van der Waals surface area (Å²) in [5.74, 6) is 1.58. The van der Waals surface area contributed by atoms with Gasteiger partial charge in [0, 0.05) is 0 Å². The van der Waals surface area contributed by atoms with Crippen molar-refractivity contribution in [3.05, 3.63) is 11.6 Å². The standard InChI is InChI=1S/C35H60NO3.BrH/c1-30(2)17-19-35(29(38)39-22-21-36(8,9)10)20-18-33(6)24(25(35)23-30)11-12-27-32(5)15-14-28(37)31(3,4)26(32)13-16-34(27,33)7;/h11,25-28,37H,12-23H2,1-10H3;1H/q+1;/p-1/t25-,26-,27+,28-,32-,33+,34+,35-;/m0./s1. The van der Waals surface area contributed by atoms with E-state index in [1.807, 2.05) is 0 Å². The maximum atomic E-state index is 14.1. The minimum atomic E-state index is -0.354. The van der Waals surface area contributed by atoms with Gasteiger partial charge in [0.15, 0.2) is 0 Å². The lowest BCUT2D eigenvalue weighted by atomic mass is 9.33. The average Bonchev–Trinajstić information content (AvgIpc) is 2.81. The van der Waals surface area contributed by atoms with Crippen LogP contribution in [0.3, 0.4) is 0 Å². The summed E-state index contributed by atoms with van der Waals surface area (Å²) in [6.45, 7) is 18.7. The van der Waals surface area contributed by atoms with Crippen LogP contribution in [-0.4, -0.2) is 56.0 Å². The molecule has 0 aliphatic heterocycles. The van der Waals surface area contributed by atoms with Crippen LogP contribution in [0.5, 0.6) is 0 Å². The van der Waals surface area contributed by atoms with Crippen LogP contribution in [0.15, 0.2) is 11.6 Å². The predicted molar refractivity (Wildman–Crippen MR) is 159 cm³/mol. The van der Waals surface area contributed by atoms with Crippen molar-refractivity contribution in [1.82, 2.24) is 0 Å². The zero-order valence-corrected chi connectivity index (χ0v) is 29.0. The molecule has 8 atom stereocenters. The molecule has 0 bridgehead atoms. The second kappa shape index (κ2) is 10.1. The molecule has 5 heteroatoms. The van der Waals surface area contributed by atoms with E-state index in [1.165, 1.54) is 12.8 Å². The highest BCUT2D eigenvalue weighted by Gasteiger charge is 2.69. The van der Waals surface area contributed by atoms with Crippen LogP contribution < -0.4 is 17.0 Å². The third kappa shape index (κ3) is 4.70. The molecule has 4 fully saturated rings. The van der Waals surface area contributed by atoms with Crippen molar-refractivity contribution in [3.63, 3.8) is 0 Å². The molecule has 0 radical (unpaired) electrons. The van der Waals surface area contributed by atoms with Crippen molar-refractivity contribution >= 4 is 5.97 Å². The van der Waals surface area contributed by atoms with Gasteiger partial charge in [0.25, 0.3) is 0 Å². The summed E-state index contributed by atoms with van der Waals surface area (Å²) in [5, 5.41) is 11.0. The van der Waals surface area contributed by atoms with Crippen molar-refractivity contribution in [2.24, 2.45) is 50.2 Å². The summed E-state index contributed by atoms with van der Waals surface area (Å²) in [7, 11) is 6.49. The Balaban J connectivity index is 0.00000370. The van der Waals surface area contributed by atoms with Crippen molar-refractivity contribution in [2.75, 3.05) is 34.3 Å². The van der Waals surface area contributed by atoms with E-state index < -0.39 is 0 Å². The number of rotatable bonds is 4. The van der Waals surface area contributed by atoms with Gasteiger partial charge in [0.1, 0.15) is 13.2 Å². The molecule has 40 heavy (non-hydrogen) atoms. The van der Waals surface area contributed by atoms with E-state index in [4.69, 9.17) is 4.74 Å². The zero-order chi connectivity index (χ0) is 28.9. The maximum Gasteiger partial charge on any atom is 0.312 e. The van der Waals surface area contributed by atoms with Gasteiger partial charge in [-0.25, -0.2) is 0 Å². The second-order valence-corrected chi connectivity index (χ2v) is 17.9. The Morgan fingerprint density at radius 1 is 0.925 bits per heavy atom. The van der Waals surface area contributed by atoms with Gasteiger partial charge in [0.05, 0.1) is 32.7 Å². The Morgan fingerprint density at radius 2 is 1.57 bits per heavy atom. The number of fused-ring (bicyclic) bond motifs is 7. The van der Waals surface area contributed by atoms with Gasteiger partial charge in [-0.3, -0.25) is 4.79 Å². The highest BCUT2D eigenvalue weighted by atomic mass is 79.9. The van der Waals surface area contributed by atoms with Gasteiger partial charge in [-0.05, 0) is 109 Å². The van der Waals surface area contributed by atoms with Crippen LogP contribution in [0.1, 0.15) is 113 Å². The third-order valence-corrected chi connectivity index (χ3v) is 14.0. The van der Waals surface area contributed by atoms with Crippen LogP contribution in [0.25, 0.3) is 0 Å².